The summed E-state index contributed by atoms with van der Waals surface area (Å²) in [7, 11) is 0. The van der Waals surface area contributed by atoms with Gasteiger partial charge >= 0.3 is 11.9 Å². The summed E-state index contributed by atoms with van der Waals surface area (Å²) >= 11 is 1.18. The Morgan fingerprint density at radius 1 is 1.35 bits per heavy atom. The lowest BCUT2D eigenvalue weighted by atomic mass is 9.91. The highest BCUT2D eigenvalue weighted by molar-refractivity contribution is 7.99. The second-order valence-corrected chi connectivity index (χ2v) is 6.22. The molecule has 110 valence electrons. The summed E-state index contributed by atoms with van der Waals surface area (Å²) in [6.45, 7) is 7.95. The molecule has 0 aromatic carbocycles. The van der Waals surface area contributed by atoms with Gasteiger partial charge in [0.05, 0.1) is 22.9 Å². The van der Waals surface area contributed by atoms with Crippen molar-refractivity contribution < 1.29 is 19.4 Å². The first kappa shape index (κ1) is 16.5. The van der Waals surface area contributed by atoms with Gasteiger partial charge < -0.3 is 9.84 Å². The number of thioether (sulfide) groups is 1. The van der Waals surface area contributed by atoms with Crippen LogP contribution in [0.25, 0.3) is 0 Å². The molecule has 0 bridgehead atoms. The summed E-state index contributed by atoms with van der Waals surface area (Å²) in [4.78, 5) is 26.9. The number of carbonyl (C=O) groups excluding carboxylic acids is 1. The van der Waals surface area contributed by atoms with E-state index in [1.54, 1.807) is 13.0 Å². The van der Waals surface area contributed by atoms with E-state index in [0.29, 0.717) is 17.3 Å². The SMILES string of the molecule is CCOC(=O)CSc1cc(C(=O)O)cc(C(C)(C)C)n1. The second-order valence-electron chi connectivity index (χ2n) is 5.23. The van der Waals surface area contributed by atoms with Crippen LogP contribution in [0, 0.1) is 0 Å². The topological polar surface area (TPSA) is 76.5 Å². The molecular weight excluding hydrogens is 278 g/mol. The summed E-state index contributed by atoms with van der Waals surface area (Å²) in [5, 5.41) is 9.65. The molecule has 0 saturated heterocycles. The predicted octanol–water partition coefficient (Wildman–Crippen LogP) is 2.73. The van der Waals surface area contributed by atoms with Crippen molar-refractivity contribution in [1.82, 2.24) is 4.98 Å². The molecule has 0 aliphatic carbocycles. The highest BCUT2D eigenvalue weighted by atomic mass is 32.2. The minimum atomic E-state index is -1.00. The highest BCUT2D eigenvalue weighted by Gasteiger charge is 2.19. The van der Waals surface area contributed by atoms with Crippen LogP contribution >= 0.6 is 11.8 Å². The van der Waals surface area contributed by atoms with Crippen molar-refractivity contribution in [2.45, 2.75) is 38.1 Å². The van der Waals surface area contributed by atoms with Gasteiger partial charge in [0, 0.05) is 11.1 Å². The summed E-state index contributed by atoms with van der Waals surface area (Å²) in [5.41, 5.74) is 0.602. The van der Waals surface area contributed by atoms with E-state index in [1.165, 1.54) is 17.8 Å². The quantitative estimate of drug-likeness (QED) is 0.665. The summed E-state index contributed by atoms with van der Waals surface area (Å²) in [5.74, 6) is -1.22. The highest BCUT2D eigenvalue weighted by Crippen LogP contribution is 2.25. The Kier molecular flexibility index (Phi) is 5.56. The van der Waals surface area contributed by atoms with Crippen molar-refractivity contribution in [1.29, 1.82) is 0 Å². The fraction of sp³-hybridized carbons (Fsp3) is 0.500. The lowest BCUT2D eigenvalue weighted by molar-refractivity contribution is -0.139. The molecule has 0 radical (unpaired) electrons. The van der Waals surface area contributed by atoms with Crippen molar-refractivity contribution in [2.75, 3.05) is 12.4 Å². The number of aromatic carboxylic acids is 1. The Balaban J connectivity index is 2.98. The van der Waals surface area contributed by atoms with E-state index in [0.717, 1.165) is 0 Å². The third-order valence-electron chi connectivity index (χ3n) is 2.46. The van der Waals surface area contributed by atoms with Crippen molar-refractivity contribution in [3.8, 4) is 0 Å². The van der Waals surface area contributed by atoms with Crippen LogP contribution < -0.4 is 0 Å². The summed E-state index contributed by atoms with van der Waals surface area (Å²) in [6.07, 6.45) is 0. The number of hydrogen-bond donors (Lipinski definition) is 1. The second kappa shape index (κ2) is 6.74. The Labute approximate surface area is 122 Å². The molecule has 0 aliphatic heterocycles. The molecule has 0 spiro atoms. The standard InChI is InChI=1S/C14H19NO4S/c1-5-19-12(16)8-20-11-7-9(13(17)18)6-10(15-11)14(2,3)4/h6-7H,5,8H2,1-4H3,(H,17,18). The number of hydrogen-bond acceptors (Lipinski definition) is 5. The van der Waals surface area contributed by atoms with E-state index in [2.05, 4.69) is 4.98 Å². The van der Waals surface area contributed by atoms with E-state index in [-0.39, 0.29) is 22.7 Å². The molecule has 1 N–H and O–H groups in total. The van der Waals surface area contributed by atoms with Crippen LogP contribution in [0.1, 0.15) is 43.7 Å². The van der Waals surface area contributed by atoms with Gasteiger partial charge in [-0.25, -0.2) is 9.78 Å². The predicted molar refractivity (Wildman–Crippen MR) is 77.3 cm³/mol. The third-order valence-corrected chi connectivity index (χ3v) is 3.35. The van der Waals surface area contributed by atoms with E-state index in [1.807, 2.05) is 20.8 Å². The number of carboxylic acid groups (broad SMARTS) is 1. The lowest BCUT2D eigenvalue weighted by Crippen LogP contribution is -2.16. The fourth-order valence-corrected chi connectivity index (χ4v) is 2.14. The van der Waals surface area contributed by atoms with Gasteiger partial charge in [0.2, 0.25) is 0 Å². The first-order valence-corrected chi connectivity index (χ1v) is 7.27. The fourth-order valence-electron chi connectivity index (χ4n) is 1.42. The molecule has 1 aromatic heterocycles. The molecule has 20 heavy (non-hydrogen) atoms. The number of aromatic nitrogens is 1. The maximum Gasteiger partial charge on any atom is 0.335 e. The molecule has 6 heteroatoms. The molecular formula is C14H19NO4S. The van der Waals surface area contributed by atoms with E-state index < -0.39 is 5.97 Å². The Hall–Kier alpha value is -1.56. The van der Waals surface area contributed by atoms with Crippen LogP contribution in [0.2, 0.25) is 0 Å². The monoisotopic (exact) mass is 297 g/mol. The molecule has 5 nitrogen and oxygen atoms in total. The Bertz CT molecular complexity index is 508. The smallest absolute Gasteiger partial charge is 0.335 e. The number of carbonyl (C=O) groups is 2. The van der Waals surface area contributed by atoms with Crippen LogP contribution in [-0.4, -0.2) is 34.4 Å². The molecule has 0 atom stereocenters. The molecule has 0 fully saturated rings. The van der Waals surface area contributed by atoms with Crippen LogP contribution in [0.5, 0.6) is 0 Å². The van der Waals surface area contributed by atoms with Crippen LogP contribution in [0.4, 0.5) is 0 Å². The maximum absolute atomic E-state index is 11.3. The zero-order chi connectivity index (χ0) is 15.3. The van der Waals surface area contributed by atoms with Gasteiger partial charge in [-0.05, 0) is 19.1 Å². The average molecular weight is 297 g/mol. The summed E-state index contributed by atoms with van der Waals surface area (Å²) in [6, 6.07) is 3.04. The molecule has 1 rings (SSSR count). The van der Waals surface area contributed by atoms with Crippen molar-refractivity contribution in [3.63, 3.8) is 0 Å². The zero-order valence-corrected chi connectivity index (χ0v) is 12.9. The Morgan fingerprint density at radius 2 is 2.00 bits per heavy atom. The number of carboxylic acids is 1. The number of esters is 1. The Morgan fingerprint density at radius 3 is 2.50 bits per heavy atom. The molecule has 1 aromatic rings. The van der Waals surface area contributed by atoms with Crippen molar-refractivity contribution >= 4 is 23.7 Å². The van der Waals surface area contributed by atoms with Crippen molar-refractivity contribution in [3.05, 3.63) is 23.4 Å². The number of ether oxygens (including phenoxy) is 1. The van der Waals surface area contributed by atoms with Crippen LogP contribution in [0.15, 0.2) is 17.2 Å². The number of pyridine rings is 1. The molecule has 0 aliphatic rings. The van der Waals surface area contributed by atoms with Crippen LogP contribution in [0.3, 0.4) is 0 Å². The normalized spacial score (nSPS) is 11.2. The zero-order valence-electron chi connectivity index (χ0n) is 12.1. The van der Waals surface area contributed by atoms with Crippen LogP contribution in [-0.2, 0) is 14.9 Å². The van der Waals surface area contributed by atoms with Gasteiger partial charge in [-0.15, -0.1) is 0 Å². The maximum atomic E-state index is 11.3. The van der Waals surface area contributed by atoms with E-state index in [4.69, 9.17) is 9.84 Å². The molecule has 1 heterocycles. The number of nitrogens with zero attached hydrogens (tertiary/aromatic N) is 1. The van der Waals surface area contributed by atoms with Gasteiger partial charge in [-0.1, -0.05) is 32.5 Å². The van der Waals surface area contributed by atoms with Gasteiger partial charge in [0.1, 0.15) is 0 Å². The van der Waals surface area contributed by atoms with Gasteiger partial charge in [-0.2, -0.15) is 0 Å². The number of rotatable bonds is 5. The molecule has 0 unspecified atom stereocenters. The molecule has 0 saturated carbocycles. The minimum Gasteiger partial charge on any atom is -0.478 e. The first-order chi connectivity index (χ1) is 9.24. The van der Waals surface area contributed by atoms with Crippen molar-refractivity contribution in [2.24, 2.45) is 0 Å². The first-order valence-electron chi connectivity index (χ1n) is 6.28. The molecule has 0 amide bonds. The minimum absolute atomic E-state index is 0.119. The summed E-state index contributed by atoms with van der Waals surface area (Å²) < 4.78 is 4.83. The third kappa shape index (κ3) is 4.85. The lowest BCUT2D eigenvalue weighted by Gasteiger charge is -2.19. The van der Waals surface area contributed by atoms with Gasteiger partial charge in [0.15, 0.2) is 0 Å². The van der Waals surface area contributed by atoms with E-state index in [9.17, 15) is 9.59 Å². The van der Waals surface area contributed by atoms with E-state index >= 15 is 0 Å². The average Bonchev–Trinajstić information content (AvgIpc) is 2.35. The largest absolute Gasteiger partial charge is 0.478 e. The van der Waals surface area contributed by atoms with Gasteiger partial charge in [-0.3, -0.25) is 4.79 Å². The van der Waals surface area contributed by atoms with Gasteiger partial charge in [0.25, 0.3) is 0 Å².